The third-order valence-electron chi connectivity index (χ3n) is 3.15. The van der Waals surface area contributed by atoms with Gasteiger partial charge in [0.15, 0.2) is 11.1 Å². The number of nitrogens with one attached hydrogen (secondary N) is 2. The van der Waals surface area contributed by atoms with Crippen LogP contribution < -0.4 is 26.8 Å². The minimum atomic E-state index is -0.397. The van der Waals surface area contributed by atoms with Crippen LogP contribution in [0.1, 0.15) is 25.1 Å². The largest absolute Gasteiger partial charge is 0.491 e. The molecule has 0 saturated carbocycles. The van der Waals surface area contributed by atoms with E-state index in [9.17, 15) is 4.79 Å². The number of guanidine groups is 1. The van der Waals surface area contributed by atoms with Crippen LogP contribution in [0.3, 0.4) is 0 Å². The molecule has 0 aliphatic rings. The molecule has 26 heavy (non-hydrogen) atoms. The van der Waals surface area contributed by atoms with E-state index in [0.717, 1.165) is 5.56 Å². The van der Waals surface area contributed by atoms with Gasteiger partial charge in [0, 0.05) is 5.38 Å². The van der Waals surface area contributed by atoms with Gasteiger partial charge in [-0.15, -0.1) is 11.3 Å². The van der Waals surface area contributed by atoms with Gasteiger partial charge in [-0.3, -0.25) is 5.32 Å². The van der Waals surface area contributed by atoms with E-state index in [-0.39, 0.29) is 12.5 Å². The van der Waals surface area contributed by atoms with E-state index in [1.54, 1.807) is 5.38 Å². The van der Waals surface area contributed by atoms with Gasteiger partial charge in [-0.05, 0) is 30.5 Å². The molecule has 140 valence electrons. The molecular formula is C17H24N6O2S. The van der Waals surface area contributed by atoms with Gasteiger partial charge >= 0.3 is 6.03 Å². The molecule has 0 radical (unpaired) electrons. The highest BCUT2D eigenvalue weighted by Crippen LogP contribution is 2.26. The van der Waals surface area contributed by atoms with Crippen LogP contribution in [0, 0.1) is 12.8 Å². The Morgan fingerprint density at radius 1 is 1.35 bits per heavy atom. The van der Waals surface area contributed by atoms with Crippen molar-refractivity contribution < 1.29 is 9.53 Å². The number of benzene rings is 1. The first kappa shape index (κ1) is 19.5. The predicted octanol–water partition coefficient (Wildman–Crippen LogP) is 2.90. The fourth-order valence-corrected chi connectivity index (χ4v) is 2.67. The van der Waals surface area contributed by atoms with Crippen molar-refractivity contribution in [3.05, 3.63) is 34.8 Å². The van der Waals surface area contributed by atoms with Gasteiger partial charge in [0.2, 0.25) is 0 Å². The molecule has 0 aliphatic carbocycles. The number of hydrogen-bond acceptors (Lipinski definition) is 5. The second kappa shape index (κ2) is 9.04. The molecule has 0 spiro atoms. The molecule has 0 fully saturated rings. The predicted molar refractivity (Wildman–Crippen MR) is 106 cm³/mol. The van der Waals surface area contributed by atoms with Gasteiger partial charge in [-0.25, -0.2) is 14.8 Å². The molecule has 8 nitrogen and oxygen atoms in total. The van der Waals surface area contributed by atoms with E-state index in [1.165, 1.54) is 11.3 Å². The Kier molecular flexibility index (Phi) is 6.79. The summed E-state index contributed by atoms with van der Waals surface area (Å²) in [6, 6.07) is 5.23. The normalized spacial score (nSPS) is 10.5. The maximum absolute atomic E-state index is 12.3. The molecule has 2 aromatic rings. The molecule has 1 aromatic carbocycles. The maximum atomic E-state index is 12.3. The number of carbonyl (C=O) groups excluding carboxylic acids is 1. The molecule has 0 bridgehead atoms. The standard InChI is InChI=1S/C17H24N6O2S/c1-10(2)8-25-14-6-11(3)4-5-13(14)22-16(24)23-17-21-12(9-26-17)7-20-15(18)19/h4-6,9-10H,7-8H2,1-3H3,(H4,18,19,20)(H2,21,22,23,24). The highest BCUT2D eigenvalue weighted by Gasteiger charge is 2.11. The van der Waals surface area contributed by atoms with Crippen molar-refractivity contribution in [2.75, 3.05) is 17.2 Å². The van der Waals surface area contributed by atoms with Crippen LogP contribution in [0.5, 0.6) is 5.75 Å². The van der Waals surface area contributed by atoms with Crippen molar-refractivity contribution in [2.24, 2.45) is 22.4 Å². The summed E-state index contributed by atoms with van der Waals surface area (Å²) in [5.74, 6) is 1.02. The second-order valence-corrected chi connectivity index (χ2v) is 7.03. The average Bonchev–Trinajstić information content (AvgIpc) is 3.00. The molecule has 2 rings (SSSR count). The van der Waals surface area contributed by atoms with Crippen LogP contribution in [-0.4, -0.2) is 23.6 Å². The lowest BCUT2D eigenvalue weighted by atomic mass is 10.2. The molecule has 0 aliphatic heterocycles. The first-order valence-electron chi connectivity index (χ1n) is 8.14. The van der Waals surface area contributed by atoms with E-state index < -0.39 is 6.03 Å². The number of thiazole rings is 1. The van der Waals surface area contributed by atoms with Gasteiger partial charge in [-0.2, -0.15) is 0 Å². The minimum absolute atomic E-state index is 0.00134. The number of carbonyl (C=O) groups is 1. The summed E-state index contributed by atoms with van der Waals surface area (Å²) in [4.78, 5) is 20.4. The molecule has 1 heterocycles. The lowest BCUT2D eigenvalue weighted by Crippen LogP contribution is -2.22. The van der Waals surface area contributed by atoms with Crippen molar-refractivity contribution in [3.63, 3.8) is 0 Å². The zero-order valence-electron chi connectivity index (χ0n) is 15.1. The van der Waals surface area contributed by atoms with Crippen LogP contribution in [0.25, 0.3) is 0 Å². The number of nitrogens with zero attached hydrogens (tertiary/aromatic N) is 2. The highest BCUT2D eigenvalue weighted by molar-refractivity contribution is 7.13. The number of aryl methyl sites for hydroxylation is 1. The molecule has 0 saturated heterocycles. The molecule has 1 aromatic heterocycles. The second-order valence-electron chi connectivity index (χ2n) is 6.17. The number of amides is 2. The lowest BCUT2D eigenvalue weighted by molar-refractivity contribution is 0.260. The van der Waals surface area contributed by atoms with Gasteiger partial charge in [-0.1, -0.05) is 19.9 Å². The SMILES string of the molecule is Cc1ccc(NC(=O)Nc2nc(CN=C(N)N)cs2)c(OCC(C)C)c1. The Labute approximate surface area is 156 Å². The van der Waals surface area contributed by atoms with Gasteiger partial charge in [0.1, 0.15) is 5.75 Å². The monoisotopic (exact) mass is 376 g/mol. The topological polar surface area (TPSA) is 128 Å². The Morgan fingerprint density at radius 2 is 2.12 bits per heavy atom. The summed E-state index contributed by atoms with van der Waals surface area (Å²) >= 11 is 1.30. The van der Waals surface area contributed by atoms with E-state index >= 15 is 0 Å². The summed E-state index contributed by atoms with van der Waals surface area (Å²) < 4.78 is 5.80. The molecule has 0 unspecified atom stereocenters. The summed E-state index contributed by atoms with van der Waals surface area (Å²) in [6.45, 7) is 6.95. The summed E-state index contributed by atoms with van der Waals surface area (Å²) in [6.07, 6.45) is 0. The van der Waals surface area contributed by atoms with Crippen LogP contribution in [0.15, 0.2) is 28.6 Å². The van der Waals surface area contributed by atoms with E-state index in [1.807, 2.05) is 25.1 Å². The third kappa shape index (κ3) is 6.25. The van der Waals surface area contributed by atoms with E-state index in [0.29, 0.717) is 34.8 Å². The van der Waals surface area contributed by atoms with Crippen molar-refractivity contribution in [1.82, 2.24) is 4.98 Å². The molecular weight excluding hydrogens is 352 g/mol. The molecule has 9 heteroatoms. The first-order chi connectivity index (χ1) is 12.3. The number of nitrogens with two attached hydrogens (primary N) is 2. The quantitative estimate of drug-likeness (QED) is 0.436. The Morgan fingerprint density at radius 3 is 2.81 bits per heavy atom. The number of anilines is 2. The van der Waals surface area contributed by atoms with Gasteiger partial charge in [0.05, 0.1) is 24.5 Å². The lowest BCUT2D eigenvalue weighted by Gasteiger charge is -2.14. The fraction of sp³-hybridized carbons (Fsp3) is 0.353. The van der Waals surface area contributed by atoms with Crippen molar-refractivity contribution in [1.29, 1.82) is 0 Å². The zero-order valence-corrected chi connectivity index (χ0v) is 15.9. The Bertz CT molecular complexity index is 783. The van der Waals surface area contributed by atoms with Crippen molar-refractivity contribution in [2.45, 2.75) is 27.3 Å². The van der Waals surface area contributed by atoms with Crippen molar-refractivity contribution in [3.8, 4) is 5.75 Å². The van der Waals surface area contributed by atoms with Crippen LogP contribution >= 0.6 is 11.3 Å². The van der Waals surface area contributed by atoms with Crippen LogP contribution in [0.2, 0.25) is 0 Å². The highest BCUT2D eigenvalue weighted by atomic mass is 32.1. The maximum Gasteiger partial charge on any atom is 0.325 e. The number of aromatic nitrogens is 1. The average molecular weight is 376 g/mol. The van der Waals surface area contributed by atoms with Gasteiger partial charge < -0.3 is 21.5 Å². The zero-order chi connectivity index (χ0) is 19.1. The third-order valence-corrected chi connectivity index (χ3v) is 3.96. The Hall–Kier alpha value is -2.81. The van der Waals surface area contributed by atoms with Crippen LogP contribution in [0.4, 0.5) is 15.6 Å². The number of urea groups is 1. The van der Waals surface area contributed by atoms with Crippen LogP contribution in [-0.2, 0) is 6.54 Å². The number of ether oxygens (including phenoxy) is 1. The first-order valence-corrected chi connectivity index (χ1v) is 9.02. The Balaban J connectivity index is 2.00. The molecule has 0 atom stereocenters. The smallest absolute Gasteiger partial charge is 0.325 e. The number of hydrogen-bond donors (Lipinski definition) is 4. The van der Waals surface area contributed by atoms with Gasteiger partial charge in [0.25, 0.3) is 0 Å². The summed E-state index contributed by atoms with van der Waals surface area (Å²) in [5.41, 5.74) is 12.9. The molecule has 6 N–H and O–H groups in total. The van der Waals surface area contributed by atoms with Crippen molar-refractivity contribution >= 4 is 34.1 Å². The van der Waals surface area contributed by atoms with E-state index in [4.69, 9.17) is 16.2 Å². The minimum Gasteiger partial charge on any atom is -0.491 e. The van der Waals surface area contributed by atoms with E-state index in [2.05, 4.69) is 34.5 Å². The summed E-state index contributed by atoms with van der Waals surface area (Å²) in [7, 11) is 0. The summed E-state index contributed by atoms with van der Waals surface area (Å²) in [5, 5.41) is 7.73. The molecule has 2 amide bonds. The number of rotatable bonds is 7. The number of aliphatic imine (C=N–C) groups is 1. The fourth-order valence-electron chi connectivity index (χ4n) is 1.97.